The SMILES string of the molecule is CCN1/C(=C\C=C\C2=[N+](CCCCCC(=O)On3c(O)ccc3O)c3ccc(S(=O)(=O)O)cc3C2(C)C)C(C)(C)c2cc(S(=O)(=O)O)ccc21. The van der Waals surface area contributed by atoms with Crippen LogP contribution < -0.4 is 9.74 Å². The minimum Gasteiger partial charge on any atom is -0.492 e. The first-order chi connectivity index (χ1) is 23.3. The summed E-state index contributed by atoms with van der Waals surface area (Å²) in [5.74, 6) is -1.41. The number of allylic oxidation sites excluding steroid dienone is 4. The standard InChI is InChI=1S/C35H41N3O10S2/c1-6-36-27-16-14-23(49(42,43)44)21-25(27)34(2,3)29(36)11-10-12-30-35(4,5)26-22-24(50(45,46)47)15-17-28(26)37(30)20-9-7-8-13-33(41)48-38-31(39)18-19-32(38)40/h10-12,14-19,21-22H,6-9,13,20H2,1-5H3,(H3-,39,40,42,43,44,45,46,47)/p+1. The Labute approximate surface area is 291 Å². The molecule has 4 N–H and O–H groups in total. The van der Waals surface area contributed by atoms with E-state index in [0.29, 0.717) is 37.1 Å². The molecule has 3 heterocycles. The maximum absolute atomic E-state index is 12.3. The average Bonchev–Trinajstić information content (AvgIpc) is 3.54. The molecule has 2 aliphatic heterocycles. The summed E-state index contributed by atoms with van der Waals surface area (Å²) in [6.07, 6.45) is 7.67. The Balaban J connectivity index is 1.42. The Morgan fingerprint density at radius 2 is 1.44 bits per heavy atom. The van der Waals surface area contributed by atoms with Crippen molar-refractivity contribution in [3.8, 4) is 11.8 Å². The van der Waals surface area contributed by atoms with Crippen LogP contribution in [0, 0.1) is 0 Å². The molecular formula is C35H42N3O10S2+. The largest absolute Gasteiger partial charge is 0.492 e. The molecule has 0 unspecified atom stereocenters. The van der Waals surface area contributed by atoms with E-state index in [1.807, 2.05) is 52.8 Å². The molecule has 1 aromatic heterocycles. The third-order valence-electron chi connectivity index (χ3n) is 9.40. The summed E-state index contributed by atoms with van der Waals surface area (Å²) < 4.78 is 70.1. The lowest BCUT2D eigenvalue weighted by Gasteiger charge is -2.25. The summed E-state index contributed by atoms with van der Waals surface area (Å²) in [6, 6.07) is 11.5. The zero-order valence-corrected chi connectivity index (χ0v) is 30.1. The van der Waals surface area contributed by atoms with Gasteiger partial charge in [-0.25, -0.2) is 4.79 Å². The molecule has 268 valence electrons. The predicted molar refractivity (Wildman–Crippen MR) is 186 cm³/mol. The van der Waals surface area contributed by atoms with E-state index in [2.05, 4.69) is 9.48 Å². The van der Waals surface area contributed by atoms with Crippen LogP contribution in [0.3, 0.4) is 0 Å². The zero-order chi connectivity index (χ0) is 36.8. The van der Waals surface area contributed by atoms with Gasteiger partial charge in [-0.15, -0.1) is 4.73 Å². The number of hydrogen-bond donors (Lipinski definition) is 4. The first kappa shape index (κ1) is 36.8. The molecule has 0 bridgehead atoms. The highest BCUT2D eigenvalue weighted by Gasteiger charge is 2.45. The van der Waals surface area contributed by atoms with E-state index in [9.17, 15) is 40.9 Å². The van der Waals surface area contributed by atoms with E-state index in [-0.39, 0.29) is 16.2 Å². The number of fused-ring (bicyclic) bond motifs is 2. The second-order valence-corrected chi connectivity index (χ2v) is 16.2. The lowest BCUT2D eigenvalue weighted by Crippen LogP contribution is -2.28. The first-order valence-corrected chi connectivity index (χ1v) is 19.0. The Morgan fingerprint density at radius 3 is 2.04 bits per heavy atom. The molecule has 13 nitrogen and oxygen atoms in total. The fourth-order valence-electron chi connectivity index (χ4n) is 6.80. The van der Waals surface area contributed by atoms with E-state index >= 15 is 0 Å². The summed E-state index contributed by atoms with van der Waals surface area (Å²) in [5.41, 5.74) is 3.64. The number of unbranched alkanes of at least 4 members (excludes halogenated alkanes) is 2. The van der Waals surface area contributed by atoms with Crippen molar-refractivity contribution in [1.82, 2.24) is 4.73 Å². The van der Waals surface area contributed by atoms with E-state index in [4.69, 9.17) is 4.84 Å². The van der Waals surface area contributed by atoms with Crippen molar-refractivity contribution >= 4 is 43.3 Å². The number of likely N-dealkylation sites (N-methyl/N-ethyl adjacent to an activating group) is 1. The summed E-state index contributed by atoms with van der Waals surface area (Å²) in [5, 5.41) is 19.4. The Bertz CT molecular complexity index is 2140. The number of nitrogens with zero attached hydrogens (tertiary/aromatic N) is 3. The van der Waals surface area contributed by atoms with Gasteiger partial charge >= 0.3 is 5.97 Å². The minimum atomic E-state index is -4.45. The molecule has 0 spiro atoms. The van der Waals surface area contributed by atoms with Crippen LogP contribution in [0.15, 0.2) is 82.2 Å². The summed E-state index contributed by atoms with van der Waals surface area (Å²) in [4.78, 5) is 19.0. The lowest BCUT2D eigenvalue weighted by molar-refractivity contribution is -0.438. The molecular weight excluding hydrogens is 687 g/mol. The number of rotatable bonds is 12. The smallest absolute Gasteiger partial charge is 0.333 e. The maximum Gasteiger partial charge on any atom is 0.333 e. The molecule has 0 radical (unpaired) electrons. The van der Waals surface area contributed by atoms with Crippen molar-refractivity contribution in [2.45, 2.75) is 80.9 Å². The van der Waals surface area contributed by atoms with Crippen molar-refractivity contribution in [3.63, 3.8) is 0 Å². The molecule has 0 fully saturated rings. The second kappa shape index (κ2) is 13.4. The van der Waals surface area contributed by atoms with Gasteiger partial charge in [-0.1, -0.05) is 19.9 Å². The van der Waals surface area contributed by atoms with Crippen molar-refractivity contribution in [3.05, 3.63) is 83.6 Å². The molecule has 2 aromatic carbocycles. The van der Waals surface area contributed by atoms with Crippen LogP contribution in [-0.2, 0) is 35.9 Å². The van der Waals surface area contributed by atoms with Gasteiger partial charge in [0.1, 0.15) is 6.54 Å². The van der Waals surface area contributed by atoms with Crippen LogP contribution >= 0.6 is 0 Å². The quantitative estimate of drug-likeness (QED) is 0.109. The zero-order valence-electron chi connectivity index (χ0n) is 28.5. The fourth-order valence-corrected chi connectivity index (χ4v) is 7.81. The molecule has 15 heteroatoms. The number of carbonyl (C=O) groups is 1. The van der Waals surface area contributed by atoms with Gasteiger partial charge in [0.2, 0.25) is 17.4 Å². The lowest BCUT2D eigenvalue weighted by atomic mass is 9.81. The normalized spacial score (nSPS) is 17.5. The molecule has 5 rings (SSSR count). The topological polar surface area (TPSA) is 187 Å². The van der Waals surface area contributed by atoms with Gasteiger partial charge in [-0.2, -0.15) is 21.4 Å². The van der Waals surface area contributed by atoms with Gasteiger partial charge in [-0.05, 0) is 75.6 Å². The third kappa shape index (κ3) is 6.95. The number of benzene rings is 2. The van der Waals surface area contributed by atoms with Crippen LogP contribution in [0.4, 0.5) is 11.4 Å². The van der Waals surface area contributed by atoms with Crippen molar-refractivity contribution in [2.24, 2.45) is 0 Å². The molecule has 0 saturated heterocycles. The monoisotopic (exact) mass is 728 g/mol. The van der Waals surface area contributed by atoms with E-state index in [1.54, 1.807) is 12.1 Å². The molecule has 0 saturated carbocycles. The fraction of sp³-hybridized carbons (Fsp3) is 0.371. The van der Waals surface area contributed by atoms with Gasteiger partial charge < -0.3 is 20.0 Å². The number of hydrogen-bond acceptors (Lipinski definition) is 9. The summed E-state index contributed by atoms with van der Waals surface area (Å²) in [7, 11) is -8.83. The molecule has 50 heavy (non-hydrogen) atoms. The van der Waals surface area contributed by atoms with Crippen LogP contribution in [0.5, 0.6) is 11.8 Å². The Kier molecular flexibility index (Phi) is 9.84. The second-order valence-electron chi connectivity index (χ2n) is 13.4. The van der Waals surface area contributed by atoms with Gasteiger partial charge in [0, 0.05) is 66.0 Å². The summed E-state index contributed by atoms with van der Waals surface area (Å²) >= 11 is 0. The van der Waals surface area contributed by atoms with Gasteiger partial charge in [-0.3, -0.25) is 9.11 Å². The van der Waals surface area contributed by atoms with E-state index < -0.39 is 48.8 Å². The van der Waals surface area contributed by atoms with Crippen molar-refractivity contribution < 1.29 is 50.4 Å². The highest BCUT2D eigenvalue weighted by Crippen LogP contribution is 2.48. The number of anilines is 1. The highest BCUT2D eigenvalue weighted by molar-refractivity contribution is 7.86. The van der Waals surface area contributed by atoms with Crippen LogP contribution in [0.25, 0.3) is 0 Å². The Morgan fingerprint density at radius 1 is 0.840 bits per heavy atom. The molecule has 0 aliphatic carbocycles. The van der Waals surface area contributed by atoms with E-state index in [1.165, 1.54) is 36.4 Å². The first-order valence-electron chi connectivity index (χ1n) is 16.1. The van der Waals surface area contributed by atoms with Crippen LogP contribution in [-0.4, -0.2) is 70.2 Å². The summed E-state index contributed by atoms with van der Waals surface area (Å²) in [6.45, 7) is 11.1. The molecule has 2 aliphatic rings. The number of aromatic nitrogens is 1. The van der Waals surface area contributed by atoms with E-state index in [0.717, 1.165) is 33.9 Å². The Hall–Kier alpha value is -4.44. The van der Waals surface area contributed by atoms with Crippen LogP contribution in [0.1, 0.15) is 71.4 Å². The van der Waals surface area contributed by atoms with Gasteiger partial charge in [0.05, 0.1) is 15.2 Å². The molecule has 0 atom stereocenters. The van der Waals surface area contributed by atoms with Gasteiger partial charge in [0.25, 0.3) is 20.2 Å². The third-order valence-corrected chi connectivity index (χ3v) is 11.1. The number of carbonyl (C=O) groups excluding carboxylic acids is 1. The van der Waals surface area contributed by atoms with Crippen molar-refractivity contribution in [1.29, 1.82) is 0 Å². The van der Waals surface area contributed by atoms with Gasteiger partial charge in [0.15, 0.2) is 5.71 Å². The van der Waals surface area contributed by atoms with Crippen molar-refractivity contribution in [2.75, 3.05) is 18.0 Å². The predicted octanol–water partition coefficient (Wildman–Crippen LogP) is 5.24. The molecule has 0 amide bonds. The average molecular weight is 729 g/mol. The highest BCUT2D eigenvalue weighted by atomic mass is 32.2. The number of aromatic hydroxyl groups is 2. The minimum absolute atomic E-state index is 0.0543. The molecule has 3 aromatic rings. The van der Waals surface area contributed by atoms with Crippen LogP contribution in [0.2, 0.25) is 0 Å². The maximum atomic E-state index is 12.3.